The van der Waals surface area contributed by atoms with Crippen LogP contribution in [-0.4, -0.2) is 40.3 Å². The first kappa shape index (κ1) is 15.2. The van der Waals surface area contributed by atoms with Gasteiger partial charge in [-0.15, -0.1) is 0 Å². The van der Waals surface area contributed by atoms with Crippen molar-refractivity contribution in [2.24, 2.45) is 0 Å². The van der Waals surface area contributed by atoms with Gasteiger partial charge in [0.25, 0.3) is 0 Å². The Morgan fingerprint density at radius 2 is 2.25 bits per heavy atom. The van der Waals surface area contributed by atoms with Crippen molar-refractivity contribution in [1.82, 2.24) is 20.8 Å². The molecule has 20 heavy (non-hydrogen) atoms. The molecule has 0 aliphatic heterocycles. The summed E-state index contributed by atoms with van der Waals surface area (Å²) in [4.78, 5) is 16.0. The van der Waals surface area contributed by atoms with Crippen LogP contribution in [0.5, 0.6) is 0 Å². The summed E-state index contributed by atoms with van der Waals surface area (Å²) < 4.78 is 4.99. The number of nitrogens with one attached hydrogen (secondary N) is 2. The summed E-state index contributed by atoms with van der Waals surface area (Å²) >= 11 is 1.84. The van der Waals surface area contributed by atoms with Crippen LogP contribution in [-0.2, 0) is 6.42 Å². The van der Waals surface area contributed by atoms with Crippen LogP contribution in [0.2, 0.25) is 0 Å². The van der Waals surface area contributed by atoms with Crippen molar-refractivity contribution in [2.45, 2.75) is 50.3 Å². The predicted octanol–water partition coefficient (Wildman–Crippen LogP) is 1.89. The average Bonchev–Trinajstić information content (AvgIpc) is 2.85. The van der Waals surface area contributed by atoms with Crippen molar-refractivity contribution in [3.05, 3.63) is 11.7 Å². The number of hydrogen-bond acceptors (Lipinski definition) is 5. The third kappa shape index (κ3) is 4.40. The maximum atomic E-state index is 11.9. The molecule has 2 rings (SSSR count). The molecule has 1 aromatic rings. The molecule has 2 N–H and O–H groups in total. The highest BCUT2D eigenvalue weighted by Crippen LogP contribution is 2.26. The van der Waals surface area contributed by atoms with Gasteiger partial charge in [-0.25, -0.2) is 4.79 Å². The minimum absolute atomic E-state index is 0.104. The zero-order chi connectivity index (χ0) is 14.4. The summed E-state index contributed by atoms with van der Waals surface area (Å²) in [5, 5.41) is 10.2. The molecule has 0 saturated heterocycles. The Labute approximate surface area is 123 Å². The first-order valence-electron chi connectivity index (χ1n) is 7.05. The summed E-state index contributed by atoms with van der Waals surface area (Å²) in [6, 6.07) is 0.177. The lowest BCUT2D eigenvalue weighted by atomic mass is 9.95. The molecular weight excluding hydrogens is 276 g/mol. The van der Waals surface area contributed by atoms with E-state index in [-0.39, 0.29) is 12.1 Å². The zero-order valence-corrected chi connectivity index (χ0v) is 12.8. The van der Waals surface area contributed by atoms with Gasteiger partial charge in [-0.2, -0.15) is 16.7 Å². The molecule has 6 nitrogen and oxygen atoms in total. The molecule has 0 unspecified atom stereocenters. The Bertz CT molecular complexity index is 438. The van der Waals surface area contributed by atoms with Crippen LogP contribution in [0.3, 0.4) is 0 Å². The van der Waals surface area contributed by atoms with Gasteiger partial charge < -0.3 is 15.2 Å². The molecule has 2 atom stereocenters. The van der Waals surface area contributed by atoms with Crippen molar-refractivity contribution in [2.75, 3.05) is 12.8 Å². The molecule has 0 aromatic carbocycles. The fourth-order valence-corrected chi connectivity index (χ4v) is 3.42. The van der Waals surface area contributed by atoms with Crippen molar-refractivity contribution in [1.29, 1.82) is 0 Å². The highest BCUT2D eigenvalue weighted by Gasteiger charge is 2.25. The van der Waals surface area contributed by atoms with Crippen LogP contribution < -0.4 is 10.6 Å². The van der Waals surface area contributed by atoms with E-state index in [1.807, 2.05) is 11.8 Å². The lowest BCUT2D eigenvalue weighted by Gasteiger charge is -2.30. The number of carbonyl (C=O) groups excluding carboxylic acids is 1. The molecule has 2 amide bonds. The Morgan fingerprint density at radius 3 is 2.95 bits per heavy atom. The van der Waals surface area contributed by atoms with Gasteiger partial charge in [0.2, 0.25) is 5.89 Å². The Balaban J connectivity index is 1.69. The van der Waals surface area contributed by atoms with Crippen LogP contribution in [0, 0.1) is 6.92 Å². The van der Waals surface area contributed by atoms with Gasteiger partial charge in [0, 0.05) is 24.3 Å². The molecule has 112 valence electrons. The zero-order valence-electron chi connectivity index (χ0n) is 12.0. The number of thioether (sulfide) groups is 1. The summed E-state index contributed by atoms with van der Waals surface area (Å²) in [7, 11) is 0. The lowest BCUT2D eigenvalue weighted by Crippen LogP contribution is -2.48. The van der Waals surface area contributed by atoms with E-state index in [0.29, 0.717) is 29.9 Å². The normalized spacial score (nSPS) is 22.5. The number of aryl methyl sites for hydroxylation is 1. The number of amides is 2. The third-order valence-electron chi connectivity index (χ3n) is 3.52. The van der Waals surface area contributed by atoms with E-state index in [4.69, 9.17) is 4.52 Å². The standard InChI is InChI=1S/C13H22N4O2S/c1-9-15-12(19-17-9)7-8-14-13(18)16-10-5-3-4-6-11(10)20-2/h10-11H,3-8H2,1-2H3,(H2,14,16,18)/t10-,11-/m0/s1. The van der Waals surface area contributed by atoms with Gasteiger partial charge in [-0.05, 0) is 26.0 Å². The minimum Gasteiger partial charge on any atom is -0.339 e. The number of urea groups is 1. The van der Waals surface area contributed by atoms with E-state index >= 15 is 0 Å². The number of hydrogen-bond donors (Lipinski definition) is 2. The molecule has 1 aromatic heterocycles. The molecule has 1 aliphatic rings. The molecule has 1 saturated carbocycles. The molecule has 1 aliphatic carbocycles. The first-order chi connectivity index (χ1) is 9.69. The van der Waals surface area contributed by atoms with E-state index < -0.39 is 0 Å². The van der Waals surface area contributed by atoms with Gasteiger partial charge >= 0.3 is 6.03 Å². The van der Waals surface area contributed by atoms with E-state index in [0.717, 1.165) is 6.42 Å². The maximum Gasteiger partial charge on any atom is 0.315 e. The van der Waals surface area contributed by atoms with Crippen molar-refractivity contribution < 1.29 is 9.32 Å². The second-order valence-corrected chi connectivity index (χ2v) is 6.13. The smallest absolute Gasteiger partial charge is 0.315 e. The van der Waals surface area contributed by atoms with E-state index in [1.165, 1.54) is 19.3 Å². The summed E-state index contributed by atoms with van der Waals surface area (Å²) in [5.41, 5.74) is 0. The van der Waals surface area contributed by atoms with Crippen LogP contribution in [0.4, 0.5) is 4.79 Å². The van der Waals surface area contributed by atoms with E-state index in [2.05, 4.69) is 27.0 Å². The number of nitrogens with zero attached hydrogens (tertiary/aromatic N) is 2. The second kappa shape index (κ2) is 7.52. The molecular formula is C13H22N4O2S. The van der Waals surface area contributed by atoms with Crippen molar-refractivity contribution in [3.63, 3.8) is 0 Å². The van der Waals surface area contributed by atoms with E-state index in [1.54, 1.807) is 6.92 Å². The van der Waals surface area contributed by atoms with Crippen molar-refractivity contribution >= 4 is 17.8 Å². The summed E-state index contributed by atoms with van der Waals surface area (Å²) in [6.45, 7) is 2.28. The number of rotatable bonds is 5. The first-order valence-corrected chi connectivity index (χ1v) is 8.34. The van der Waals surface area contributed by atoms with Gasteiger partial charge in [0.05, 0.1) is 0 Å². The largest absolute Gasteiger partial charge is 0.339 e. The summed E-state index contributed by atoms with van der Waals surface area (Å²) in [6.07, 6.45) is 7.39. The van der Waals surface area contributed by atoms with Crippen LogP contribution in [0.25, 0.3) is 0 Å². The van der Waals surface area contributed by atoms with Gasteiger partial charge in [0.1, 0.15) is 0 Å². The SMILES string of the molecule is CS[C@H]1CCCC[C@@H]1NC(=O)NCCc1nc(C)no1. The monoisotopic (exact) mass is 298 g/mol. The maximum absolute atomic E-state index is 11.9. The van der Waals surface area contributed by atoms with Gasteiger partial charge in [-0.1, -0.05) is 18.0 Å². The van der Waals surface area contributed by atoms with E-state index in [9.17, 15) is 4.79 Å². The topological polar surface area (TPSA) is 80.0 Å². The fourth-order valence-electron chi connectivity index (χ4n) is 2.49. The Morgan fingerprint density at radius 1 is 1.45 bits per heavy atom. The highest BCUT2D eigenvalue weighted by molar-refractivity contribution is 7.99. The average molecular weight is 298 g/mol. The molecule has 7 heteroatoms. The summed E-state index contributed by atoms with van der Waals surface area (Å²) in [5.74, 6) is 1.18. The lowest BCUT2D eigenvalue weighted by molar-refractivity contribution is 0.233. The highest BCUT2D eigenvalue weighted by atomic mass is 32.2. The Hall–Kier alpha value is -1.24. The molecule has 1 heterocycles. The Kier molecular flexibility index (Phi) is 5.70. The molecule has 0 spiro atoms. The number of carbonyl (C=O) groups is 1. The van der Waals surface area contributed by atoms with Crippen molar-refractivity contribution in [3.8, 4) is 0 Å². The van der Waals surface area contributed by atoms with Gasteiger partial charge in [0.15, 0.2) is 5.82 Å². The second-order valence-electron chi connectivity index (χ2n) is 5.05. The van der Waals surface area contributed by atoms with Crippen LogP contribution in [0.1, 0.15) is 37.4 Å². The van der Waals surface area contributed by atoms with Crippen LogP contribution >= 0.6 is 11.8 Å². The van der Waals surface area contributed by atoms with Gasteiger partial charge in [-0.3, -0.25) is 0 Å². The molecule has 0 bridgehead atoms. The fraction of sp³-hybridized carbons (Fsp3) is 0.769. The molecule has 1 fully saturated rings. The predicted molar refractivity (Wildman–Crippen MR) is 78.8 cm³/mol. The quantitative estimate of drug-likeness (QED) is 0.868. The molecule has 0 radical (unpaired) electrons. The number of aromatic nitrogens is 2. The third-order valence-corrected chi connectivity index (χ3v) is 4.69. The minimum atomic E-state index is -0.104. The van der Waals surface area contributed by atoms with Crippen LogP contribution in [0.15, 0.2) is 4.52 Å².